The first kappa shape index (κ1) is 17.7. The summed E-state index contributed by atoms with van der Waals surface area (Å²) in [7, 11) is -0.532. The van der Waals surface area contributed by atoms with Crippen LogP contribution in [0.2, 0.25) is 22.3 Å². The molecule has 9 heteroatoms. The molecule has 3 aromatic rings. The highest BCUT2D eigenvalue weighted by Crippen LogP contribution is 2.40. The van der Waals surface area contributed by atoms with Crippen molar-refractivity contribution in [3.05, 3.63) is 40.5 Å². The van der Waals surface area contributed by atoms with Crippen LogP contribution in [0.25, 0.3) is 16.9 Å². The molecule has 0 bridgehead atoms. The van der Waals surface area contributed by atoms with Gasteiger partial charge in [-0.15, -0.1) is 0 Å². The third-order valence-corrected chi connectivity index (χ3v) is 8.76. The fourth-order valence-electron chi connectivity index (χ4n) is 3.48. The van der Waals surface area contributed by atoms with E-state index in [2.05, 4.69) is 27.3 Å². The molecule has 1 fully saturated rings. The lowest BCUT2D eigenvalue weighted by atomic mass is 10.1. The summed E-state index contributed by atoms with van der Waals surface area (Å²) < 4.78 is 16.2. The number of aromatic nitrogens is 4. The Kier molecular flexibility index (Phi) is 4.86. The maximum absolute atomic E-state index is 14.6. The number of nitrogens with zero attached hydrogens (tertiary/aromatic N) is 4. The van der Waals surface area contributed by atoms with Crippen LogP contribution in [-0.2, 0) is 0 Å². The van der Waals surface area contributed by atoms with Gasteiger partial charge in [-0.1, -0.05) is 54.2 Å². The first-order chi connectivity index (χ1) is 12.6. The van der Waals surface area contributed by atoms with E-state index in [9.17, 15) is 4.39 Å². The van der Waals surface area contributed by atoms with Crippen molar-refractivity contribution < 1.29 is 4.39 Å². The van der Waals surface area contributed by atoms with E-state index in [0.717, 1.165) is 0 Å². The van der Waals surface area contributed by atoms with E-state index < -0.39 is 14.6 Å². The molecule has 1 radical (unpaired) electrons. The standard InChI is InChI=1S/C17H17Cl2FN5Si/c1-10(26-7-2-3-8-26)23-16-14(13-11(18)5-4-6-12(13)20)15(19)24-17-21-9-22-25(16)17/h4-6,9-10,23H,2-3,7-8H2,1H3. The second-order valence-corrected chi connectivity index (χ2v) is 10.4. The summed E-state index contributed by atoms with van der Waals surface area (Å²) in [5.74, 6) is 0.497. The number of hydrogen-bond acceptors (Lipinski definition) is 4. The van der Waals surface area contributed by atoms with Crippen LogP contribution >= 0.6 is 23.2 Å². The Balaban J connectivity index is 1.90. The molecular formula is C17H17Cl2FN5Si. The highest BCUT2D eigenvalue weighted by Gasteiger charge is 2.27. The second-order valence-electron chi connectivity index (χ2n) is 6.43. The maximum Gasteiger partial charge on any atom is 0.255 e. The van der Waals surface area contributed by atoms with Crippen molar-refractivity contribution >= 4 is 43.6 Å². The largest absolute Gasteiger partial charge is 0.370 e. The van der Waals surface area contributed by atoms with Gasteiger partial charge < -0.3 is 5.32 Å². The van der Waals surface area contributed by atoms with E-state index in [4.69, 9.17) is 23.2 Å². The van der Waals surface area contributed by atoms with Crippen LogP contribution in [0.5, 0.6) is 0 Å². The van der Waals surface area contributed by atoms with Crippen molar-refractivity contribution in [3.8, 4) is 11.1 Å². The van der Waals surface area contributed by atoms with Crippen LogP contribution in [0.15, 0.2) is 24.5 Å². The average molecular weight is 409 g/mol. The molecule has 1 aromatic carbocycles. The molecule has 1 aliphatic heterocycles. The SMILES string of the molecule is CC(Nc1c(-c2c(F)cccc2Cl)c(Cl)nc2ncnn12)[Si]1CCCC1. The lowest BCUT2D eigenvalue weighted by molar-refractivity contribution is 0.631. The maximum atomic E-state index is 14.6. The molecule has 0 aliphatic carbocycles. The quantitative estimate of drug-likeness (QED) is 0.494. The molecule has 1 unspecified atom stereocenters. The van der Waals surface area contributed by atoms with Crippen LogP contribution in [-0.4, -0.2) is 34.0 Å². The van der Waals surface area contributed by atoms with Crippen molar-refractivity contribution in [1.29, 1.82) is 0 Å². The molecule has 0 saturated carbocycles. The van der Waals surface area contributed by atoms with Gasteiger partial charge in [0.15, 0.2) is 0 Å². The van der Waals surface area contributed by atoms with Gasteiger partial charge in [0.2, 0.25) is 0 Å². The van der Waals surface area contributed by atoms with Gasteiger partial charge in [-0.25, -0.2) is 4.39 Å². The average Bonchev–Trinajstić information content (AvgIpc) is 3.28. The van der Waals surface area contributed by atoms with Gasteiger partial charge in [0, 0.05) is 11.2 Å². The van der Waals surface area contributed by atoms with E-state index in [0.29, 0.717) is 17.2 Å². The van der Waals surface area contributed by atoms with Gasteiger partial charge in [-0.2, -0.15) is 19.6 Å². The van der Waals surface area contributed by atoms with Crippen LogP contribution in [0, 0.1) is 5.82 Å². The summed E-state index contributed by atoms with van der Waals surface area (Å²) in [6.45, 7) is 2.17. The van der Waals surface area contributed by atoms with E-state index in [1.165, 1.54) is 37.3 Å². The molecule has 1 atom stereocenters. The van der Waals surface area contributed by atoms with Gasteiger partial charge >= 0.3 is 0 Å². The Hall–Kier alpha value is -1.70. The minimum absolute atomic E-state index is 0.149. The zero-order chi connectivity index (χ0) is 18.3. The topological polar surface area (TPSA) is 55.1 Å². The molecule has 5 nitrogen and oxygen atoms in total. The predicted molar refractivity (Wildman–Crippen MR) is 104 cm³/mol. The Bertz CT molecular complexity index is 937. The van der Waals surface area contributed by atoms with Gasteiger partial charge in [0.1, 0.15) is 23.1 Å². The van der Waals surface area contributed by atoms with Crippen molar-refractivity contribution in [2.45, 2.75) is 37.5 Å². The van der Waals surface area contributed by atoms with E-state index in [-0.39, 0.29) is 21.4 Å². The molecule has 4 rings (SSSR count). The smallest absolute Gasteiger partial charge is 0.255 e. The van der Waals surface area contributed by atoms with Crippen LogP contribution in [0.4, 0.5) is 10.2 Å². The third-order valence-electron chi connectivity index (χ3n) is 4.81. The summed E-state index contributed by atoms with van der Waals surface area (Å²) in [6, 6.07) is 7.11. The first-order valence-corrected chi connectivity index (χ1v) is 11.3. The van der Waals surface area contributed by atoms with Gasteiger partial charge in [-0.3, -0.25) is 0 Å². The lowest BCUT2D eigenvalue weighted by Gasteiger charge is -2.23. The number of rotatable bonds is 4. The van der Waals surface area contributed by atoms with Crippen molar-refractivity contribution in [2.24, 2.45) is 0 Å². The molecule has 0 spiro atoms. The number of benzene rings is 1. The molecule has 1 N–H and O–H groups in total. The zero-order valence-electron chi connectivity index (χ0n) is 14.1. The van der Waals surface area contributed by atoms with E-state index in [1.54, 1.807) is 16.6 Å². The van der Waals surface area contributed by atoms with E-state index >= 15 is 0 Å². The fraction of sp³-hybridized carbons (Fsp3) is 0.353. The summed E-state index contributed by atoms with van der Waals surface area (Å²) >= 11 is 12.7. The molecule has 0 amide bonds. The first-order valence-electron chi connectivity index (χ1n) is 8.51. The molecule has 2 aromatic heterocycles. The Morgan fingerprint density at radius 1 is 1.23 bits per heavy atom. The summed E-state index contributed by atoms with van der Waals surface area (Å²) in [5, 5.41) is 8.21. The molecule has 1 aliphatic rings. The van der Waals surface area contributed by atoms with Crippen LogP contribution in [0.3, 0.4) is 0 Å². The predicted octanol–water partition coefficient (Wildman–Crippen LogP) is 4.87. The monoisotopic (exact) mass is 408 g/mol. The molecule has 3 heterocycles. The Labute approximate surface area is 162 Å². The number of anilines is 1. The third kappa shape index (κ3) is 3.08. The Morgan fingerprint density at radius 3 is 2.73 bits per heavy atom. The van der Waals surface area contributed by atoms with Crippen LogP contribution in [0.1, 0.15) is 19.8 Å². The number of nitrogens with one attached hydrogen (secondary N) is 1. The zero-order valence-corrected chi connectivity index (χ0v) is 16.6. The van der Waals surface area contributed by atoms with Crippen LogP contribution < -0.4 is 5.32 Å². The highest BCUT2D eigenvalue weighted by atomic mass is 35.5. The number of fused-ring (bicyclic) bond motifs is 1. The lowest BCUT2D eigenvalue weighted by Crippen LogP contribution is -2.33. The summed E-state index contributed by atoms with van der Waals surface area (Å²) in [6.07, 6.45) is 3.97. The van der Waals surface area contributed by atoms with Crippen molar-refractivity contribution in [2.75, 3.05) is 5.32 Å². The van der Waals surface area contributed by atoms with Gasteiger partial charge in [0.25, 0.3) is 5.78 Å². The number of halogens is 3. The fourth-order valence-corrected chi connectivity index (χ4v) is 6.86. The number of hydrogen-bond donors (Lipinski definition) is 1. The van der Waals surface area contributed by atoms with Crippen molar-refractivity contribution in [3.63, 3.8) is 0 Å². The molecule has 135 valence electrons. The van der Waals surface area contributed by atoms with Gasteiger partial charge in [0.05, 0.1) is 19.4 Å². The minimum Gasteiger partial charge on any atom is -0.370 e. The summed E-state index contributed by atoms with van der Waals surface area (Å²) in [4.78, 5) is 8.38. The van der Waals surface area contributed by atoms with E-state index in [1.807, 2.05) is 0 Å². The van der Waals surface area contributed by atoms with Gasteiger partial charge in [-0.05, 0) is 19.1 Å². The summed E-state index contributed by atoms with van der Waals surface area (Å²) in [5.41, 5.74) is 0.917. The molecule has 26 heavy (non-hydrogen) atoms. The van der Waals surface area contributed by atoms with Crippen molar-refractivity contribution in [1.82, 2.24) is 19.6 Å². The normalized spacial score (nSPS) is 16.3. The highest BCUT2D eigenvalue weighted by molar-refractivity contribution is 6.61. The molecule has 1 saturated heterocycles. The Morgan fingerprint density at radius 2 is 2.00 bits per heavy atom. The second kappa shape index (κ2) is 7.13. The minimum atomic E-state index is -0.532. The molecular weight excluding hydrogens is 392 g/mol.